The van der Waals surface area contributed by atoms with Crippen molar-refractivity contribution in [3.8, 4) is 5.75 Å². The third-order valence-electron chi connectivity index (χ3n) is 6.14. The van der Waals surface area contributed by atoms with Crippen molar-refractivity contribution < 1.29 is 27.4 Å². The highest BCUT2D eigenvalue weighted by atomic mass is 19.4. The van der Waals surface area contributed by atoms with E-state index in [0.717, 1.165) is 36.2 Å². The molecule has 2 aliphatic rings. The molecule has 1 aliphatic carbocycles. The fourth-order valence-corrected chi connectivity index (χ4v) is 4.52. The Morgan fingerprint density at radius 2 is 1.94 bits per heavy atom. The number of carbonyl (C=O) groups is 1. The van der Waals surface area contributed by atoms with Crippen LogP contribution in [0.1, 0.15) is 47.6 Å². The summed E-state index contributed by atoms with van der Waals surface area (Å²) in [5, 5.41) is 8.25. The number of hydrogen-bond donors (Lipinski definition) is 1. The Balaban J connectivity index is 1.45. The van der Waals surface area contributed by atoms with E-state index in [-0.39, 0.29) is 17.7 Å². The summed E-state index contributed by atoms with van der Waals surface area (Å²) >= 11 is 0. The summed E-state index contributed by atoms with van der Waals surface area (Å²) in [7, 11) is 0. The van der Waals surface area contributed by atoms with Gasteiger partial charge in [0.2, 0.25) is 0 Å². The lowest BCUT2D eigenvalue weighted by atomic mass is 9.90. The van der Waals surface area contributed by atoms with Crippen LogP contribution in [0.2, 0.25) is 0 Å². The highest BCUT2D eigenvalue weighted by Crippen LogP contribution is 2.28. The van der Waals surface area contributed by atoms with Crippen LogP contribution in [0.5, 0.6) is 5.75 Å². The molecule has 4 rings (SSSR count). The zero-order valence-electron chi connectivity index (χ0n) is 19.5. The topological polar surface area (TPSA) is 68.6 Å². The van der Waals surface area contributed by atoms with E-state index in [9.17, 15) is 18.0 Å². The first-order valence-corrected chi connectivity index (χ1v) is 11.7. The largest absolute Gasteiger partial charge is 0.573 e. The average molecular weight is 481 g/mol. The van der Waals surface area contributed by atoms with Gasteiger partial charge in [-0.1, -0.05) is 26.0 Å². The zero-order valence-corrected chi connectivity index (χ0v) is 19.5. The normalized spacial score (nSPS) is 18.8. The molecule has 34 heavy (non-hydrogen) atoms. The molecule has 0 saturated carbocycles. The summed E-state index contributed by atoms with van der Waals surface area (Å²) in [5.74, 6) is 0.140. The van der Waals surface area contributed by atoms with Crippen molar-refractivity contribution in [1.82, 2.24) is 20.0 Å². The molecule has 0 bridgehead atoms. The van der Waals surface area contributed by atoms with Gasteiger partial charge in [-0.15, -0.1) is 13.2 Å². The van der Waals surface area contributed by atoms with E-state index in [1.807, 2.05) is 9.58 Å². The third kappa shape index (κ3) is 6.09. The number of morpholine rings is 1. The van der Waals surface area contributed by atoms with E-state index < -0.39 is 6.36 Å². The van der Waals surface area contributed by atoms with Crippen LogP contribution in [0.25, 0.3) is 0 Å². The predicted octanol–water partition coefficient (Wildman–Crippen LogP) is 3.56. The number of fused-ring (bicyclic) bond motifs is 1. The number of rotatable bonds is 7. The van der Waals surface area contributed by atoms with E-state index in [1.54, 1.807) is 12.1 Å². The van der Waals surface area contributed by atoms with Crippen molar-refractivity contribution in [2.24, 2.45) is 5.92 Å². The van der Waals surface area contributed by atoms with Crippen molar-refractivity contribution in [3.63, 3.8) is 0 Å². The molecule has 0 unspecified atom stereocenters. The summed E-state index contributed by atoms with van der Waals surface area (Å²) in [4.78, 5) is 15.1. The smallest absolute Gasteiger partial charge is 0.406 e. The first-order chi connectivity index (χ1) is 16.2. The fourth-order valence-electron chi connectivity index (χ4n) is 4.52. The van der Waals surface area contributed by atoms with E-state index in [0.29, 0.717) is 50.9 Å². The minimum absolute atomic E-state index is 0.0389. The van der Waals surface area contributed by atoms with Crippen LogP contribution in [0.15, 0.2) is 24.3 Å². The molecular weight excluding hydrogens is 449 g/mol. The molecule has 2 aromatic rings. The van der Waals surface area contributed by atoms with E-state index >= 15 is 0 Å². The molecule has 1 atom stereocenters. The molecule has 1 amide bonds. The molecule has 1 aromatic heterocycles. The Morgan fingerprint density at radius 3 is 2.59 bits per heavy atom. The molecule has 1 fully saturated rings. The lowest BCUT2D eigenvalue weighted by Gasteiger charge is -2.28. The van der Waals surface area contributed by atoms with Gasteiger partial charge in [0, 0.05) is 43.5 Å². The second-order valence-electron chi connectivity index (χ2n) is 9.27. The maximum atomic E-state index is 13.3. The molecule has 1 aliphatic heterocycles. The van der Waals surface area contributed by atoms with Crippen LogP contribution >= 0.6 is 0 Å². The van der Waals surface area contributed by atoms with Crippen LogP contribution < -0.4 is 10.1 Å². The quantitative estimate of drug-likeness (QED) is 0.657. The third-order valence-corrected chi connectivity index (χ3v) is 6.14. The van der Waals surface area contributed by atoms with Gasteiger partial charge in [-0.05, 0) is 42.9 Å². The number of hydrogen-bond acceptors (Lipinski definition) is 5. The minimum Gasteiger partial charge on any atom is -0.406 e. The van der Waals surface area contributed by atoms with E-state index in [1.165, 1.54) is 12.1 Å². The molecule has 10 heteroatoms. The maximum Gasteiger partial charge on any atom is 0.573 e. The van der Waals surface area contributed by atoms with Crippen molar-refractivity contribution in [3.05, 3.63) is 46.8 Å². The maximum absolute atomic E-state index is 13.3. The van der Waals surface area contributed by atoms with Crippen molar-refractivity contribution in [2.45, 2.75) is 58.6 Å². The average Bonchev–Trinajstić information content (AvgIpc) is 3.14. The second kappa shape index (κ2) is 10.4. The molecule has 0 spiro atoms. The number of ether oxygens (including phenoxy) is 2. The molecular formula is C24H31F3N4O3. The molecule has 186 valence electrons. The number of aromatic nitrogens is 2. The van der Waals surface area contributed by atoms with Crippen LogP contribution in [-0.4, -0.2) is 59.3 Å². The summed E-state index contributed by atoms with van der Waals surface area (Å²) in [6, 6.07) is 6.02. The van der Waals surface area contributed by atoms with Crippen molar-refractivity contribution in [1.29, 1.82) is 0 Å². The SMILES string of the molecule is CC(C)Cn1nc(C(=O)N2CCOCC2)c2c1CC[C@@H](NCc1ccc(OC(F)(F)F)cc1)C2. The molecule has 7 nitrogen and oxygen atoms in total. The van der Waals surface area contributed by atoms with Crippen LogP contribution in [0.3, 0.4) is 0 Å². The predicted molar refractivity (Wildman–Crippen MR) is 120 cm³/mol. The second-order valence-corrected chi connectivity index (χ2v) is 9.27. The number of amides is 1. The Hall–Kier alpha value is -2.59. The monoisotopic (exact) mass is 480 g/mol. The van der Waals surface area contributed by atoms with Gasteiger partial charge < -0.3 is 19.7 Å². The molecule has 1 saturated heterocycles. The van der Waals surface area contributed by atoms with Crippen molar-refractivity contribution in [2.75, 3.05) is 26.3 Å². The minimum atomic E-state index is -4.70. The lowest BCUT2D eigenvalue weighted by molar-refractivity contribution is -0.274. The van der Waals surface area contributed by atoms with Crippen LogP contribution in [0.4, 0.5) is 13.2 Å². The van der Waals surface area contributed by atoms with Gasteiger partial charge in [0.1, 0.15) is 5.75 Å². The van der Waals surface area contributed by atoms with E-state index in [4.69, 9.17) is 9.84 Å². The Bertz CT molecular complexity index is 983. The molecule has 2 heterocycles. The Kier molecular flexibility index (Phi) is 7.47. The van der Waals surface area contributed by atoms with Crippen molar-refractivity contribution >= 4 is 5.91 Å². The van der Waals surface area contributed by atoms with Gasteiger partial charge in [-0.2, -0.15) is 5.10 Å². The number of nitrogens with zero attached hydrogens (tertiary/aromatic N) is 3. The van der Waals surface area contributed by atoms with Gasteiger partial charge >= 0.3 is 6.36 Å². The van der Waals surface area contributed by atoms with Gasteiger partial charge in [-0.25, -0.2) is 0 Å². The van der Waals surface area contributed by atoms with E-state index in [2.05, 4.69) is 23.9 Å². The molecule has 1 aromatic carbocycles. The zero-order chi connectivity index (χ0) is 24.3. The van der Waals surface area contributed by atoms with Gasteiger partial charge in [-0.3, -0.25) is 9.48 Å². The summed E-state index contributed by atoms with van der Waals surface area (Å²) in [6.07, 6.45) is -2.29. The molecule has 1 N–H and O–H groups in total. The summed E-state index contributed by atoms with van der Waals surface area (Å²) in [6.45, 7) is 7.77. The highest BCUT2D eigenvalue weighted by Gasteiger charge is 2.32. The first kappa shape index (κ1) is 24.5. The fraction of sp³-hybridized carbons (Fsp3) is 0.583. The first-order valence-electron chi connectivity index (χ1n) is 11.7. The standard InChI is InChI=1S/C24H31F3N4O3/c1-16(2)15-31-21-8-5-18(28-14-17-3-6-19(7-4-17)34-24(25,26)27)13-20(21)22(29-31)23(32)30-9-11-33-12-10-30/h3-4,6-7,16,18,28H,5,8-15H2,1-2H3/t18-/m1/s1. The summed E-state index contributed by atoms with van der Waals surface area (Å²) in [5.41, 5.74) is 3.55. The van der Waals surface area contributed by atoms with Crippen LogP contribution in [-0.2, 0) is 30.7 Å². The van der Waals surface area contributed by atoms with Gasteiger partial charge in [0.15, 0.2) is 5.69 Å². The highest BCUT2D eigenvalue weighted by molar-refractivity contribution is 5.94. The number of alkyl halides is 3. The molecule has 0 radical (unpaired) electrons. The Labute approximate surface area is 197 Å². The van der Waals surface area contributed by atoms with Crippen LogP contribution in [0, 0.1) is 5.92 Å². The Morgan fingerprint density at radius 1 is 1.24 bits per heavy atom. The number of nitrogens with one attached hydrogen (secondary N) is 1. The van der Waals surface area contributed by atoms with Gasteiger partial charge in [0.25, 0.3) is 5.91 Å². The number of carbonyl (C=O) groups excluding carboxylic acids is 1. The summed E-state index contributed by atoms with van der Waals surface area (Å²) < 4.78 is 48.4. The number of benzene rings is 1. The van der Waals surface area contributed by atoms with Gasteiger partial charge in [0.05, 0.1) is 13.2 Å². The number of halogens is 3. The lowest BCUT2D eigenvalue weighted by Crippen LogP contribution is -2.41.